The first-order valence-electron chi connectivity index (χ1n) is 6.23. The molecule has 6 heteroatoms. The predicted molar refractivity (Wildman–Crippen MR) is 70.5 cm³/mol. The van der Waals surface area contributed by atoms with Gasteiger partial charge in [0.25, 0.3) is 0 Å². The fraction of sp³-hybridized carbons (Fsp3) is 0.308. The number of carbonyl (C=O) groups excluding carboxylic acids is 1. The van der Waals surface area contributed by atoms with E-state index < -0.39 is 0 Å². The monoisotopic (exact) mass is 257 g/mol. The van der Waals surface area contributed by atoms with E-state index in [0.29, 0.717) is 5.82 Å². The van der Waals surface area contributed by atoms with Crippen LogP contribution in [0.3, 0.4) is 0 Å². The van der Waals surface area contributed by atoms with E-state index >= 15 is 0 Å². The largest absolute Gasteiger partial charge is 0.323 e. The third kappa shape index (κ3) is 2.29. The molecule has 1 atom stereocenters. The van der Waals surface area contributed by atoms with Crippen LogP contribution >= 0.6 is 0 Å². The maximum absolute atomic E-state index is 12.1. The van der Waals surface area contributed by atoms with Crippen LogP contribution in [0.4, 0.5) is 10.6 Å². The van der Waals surface area contributed by atoms with Gasteiger partial charge in [-0.05, 0) is 12.0 Å². The van der Waals surface area contributed by atoms with Crippen molar-refractivity contribution in [2.24, 2.45) is 7.05 Å². The van der Waals surface area contributed by atoms with Crippen LogP contribution in [0.2, 0.25) is 0 Å². The van der Waals surface area contributed by atoms with Crippen molar-refractivity contribution in [2.75, 3.05) is 11.9 Å². The highest BCUT2D eigenvalue weighted by Gasteiger charge is 2.33. The highest BCUT2D eigenvalue weighted by molar-refractivity contribution is 5.89. The fourth-order valence-electron chi connectivity index (χ4n) is 2.24. The Bertz CT molecular complexity index is 580. The third-order valence-corrected chi connectivity index (χ3v) is 3.30. The minimum Gasteiger partial charge on any atom is -0.317 e. The maximum atomic E-state index is 12.1. The van der Waals surface area contributed by atoms with Crippen molar-refractivity contribution >= 4 is 11.8 Å². The number of hydrogen-bond acceptors (Lipinski definition) is 3. The highest BCUT2D eigenvalue weighted by Crippen LogP contribution is 2.33. The number of nitrogens with one attached hydrogen (secondary N) is 1. The van der Waals surface area contributed by atoms with Gasteiger partial charge in [-0.1, -0.05) is 35.5 Å². The molecule has 0 aliphatic carbocycles. The van der Waals surface area contributed by atoms with Gasteiger partial charge in [0.1, 0.15) is 0 Å². The summed E-state index contributed by atoms with van der Waals surface area (Å²) >= 11 is 0. The molecule has 1 aromatic carbocycles. The van der Waals surface area contributed by atoms with E-state index in [1.54, 1.807) is 17.9 Å². The Morgan fingerprint density at radius 1 is 1.37 bits per heavy atom. The zero-order valence-electron chi connectivity index (χ0n) is 10.7. The Morgan fingerprint density at radius 3 is 2.74 bits per heavy atom. The molecule has 0 unspecified atom stereocenters. The summed E-state index contributed by atoms with van der Waals surface area (Å²) in [5.74, 6) is 0.478. The van der Waals surface area contributed by atoms with Crippen LogP contribution in [0.5, 0.6) is 0 Å². The lowest BCUT2D eigenvalue weighted by molar-refractivity contribution is 0.126. The van der Waals surface area contributed by atoms with Gasteiger partial charge in [-0.2, -0.15) is 0 Å². The number of rotatable bonds is 2. The average molecular weight is 257 g/mol. The van der Waals surface area contributed by atoms with Crippen LogP contribution in [0.15, 0.2) is 36.5 Å². The number of aryl methyl sites for hydroxylation is 1. The minimum absolute atomic E-state index is 0.124. The van der Waals surface area contributed by atoms with Gasteiger partial charge in [-0.25, -0.2) is 4.79 Å². The van der Waals surface area contributed by atoms with E-state index in [-0.39, 0.29) is 12.1 Å². The molecule has 1 N–H and O–H groups in total. The SMILES string of the molecule is Cn1cc(NC(=O)N2CC[C@@H]2c2ccccc2)nn1. The number of hydrogen-bond donors (Lipinski definition) is 1. The van der Waals surface area contributed by atoms with Crippen molar-refractivity contribution in [1.82, 2.24) is 19.9 Å². The summed E-state index contributed by atoms with van der Waals surface area (Å²) in [6.07, 6.45) is 2.67. The molecule has 6 nitrogen and oxygen atoms in total. The molecule has 1 fully saturated rings. The van der Waals surface area contributed by atoms with Gasteiger partial charge in [0, 0.05) is 13.6 Å². The van der Waals surface area contributed by atoms with Gasteiger partial charge >= 0.3 is 6.03 Å². The molecule has 2 amide bonds. The summed E-state index contributed by atoms with van der Waals surface area (Å²) in [6, 6.07) is 10.1. The Hall–Kier alpha value is -2.37. The van der Waals surface area contributed by atoms with Gasteiger partial charge in [0.15, 0.2) is 5.82 Å². The molecule has 2 aromatic rings. The summed E-state index contributed by atoms with van der Waals surface area (Å²) < 4.78 is 1.56. The van der Waals surface area contributed by atoms with Crippen molar-refractivity contribution < 1.29 is 4.79 Å². The first-order chi connectivity index (χ1) is 9.24. The lowest BCUT2D eigenvalue weighted by Gasteiger charge is -2.40. The minimum atomic E-state index is -0.124. The number of aromatic nitrogens is 3. The molecule has 1 aromatic heterocycles. The third-order valence-electron chi connectivity index (χ3n) is 3.30. The second kappa shape index (κ2) is 4.72. The lowest BCUT2D eigenvalue weighted by atomic mass is 9.95. The van der Waals surface area contributed by atoms with Gasteiger partial charge in [0.2, 0.25) is 0 Å². The molecular weight excluding hydrogens is 242 g/mol. The van der Waals surface area contributed by atoms with Crippen molar-refractivity contribution in [3.05, 3.63) is 42.1 Å². The molecule has 3 rings (SSSR count). The molecular formula is C13H15N5O. The number of carbonyl (C=O) groups is 1. The number of benzene rings is 1. The first kappa shape index (κ1) is 11.7. The summed E-state index contributed by atoms with van der Waals surface area (Å²) in [6.45, 7) is 0.770. The average Bonchev–Trinajstić information content (AvgIpc) is 2.74. The maximum Gasteiger partial charge on any atom is 0.323 e. The second-order valence-electron chi connectivity index (χ2n) is 4.62. The number of likely N-dealkylation sites (tertiary alicyclic amines) is 1. The van der Waals surface area contributed by atoms with Gasteiger partial charge in [-0.15, -0.1) is 5.10 Å². The standard InChI is InChI=1S/C13H15N5O/c1-17-9-12(15-16-17)14-13(19)18-8-7-11(18)10-5-3-2-4-6-10/h2-6,9,11H,7-8H2,1H3,(H,14,19)/t11-/m1/s1. The Kier molecular flexibility index (Phi) is 2.91. The van der Waals surface area contributed by atoms with Crippen molar-refractivity contribution in [3.63, 3.8) is 0 Å². The first-order valence-corrected chi connectivity index (χ1v) is 6.23. The Morgan fingerprint density at radius 2 is 2.16 bits per heavy atom. The molecule has 0 spiro atoms. The van der Waals surface area contributed by atoms with Gasteiger partial charge in [0.05, 0.1) is 12.2 Å². The fourth-order valence-corrected chi connectivity index (χ4v) is 2.24. The topological polar surface area (TPSA) is 63.1 Å². The molecule has 1 aliphatic rings. The van der Waals surface area contributed by atoms with E-state index in [2.05, 4.69) is 15.6 Å². The van der Waals surface area contributed by atoms with Crippen molar-refractivity contribution in [3.8, 4) is 0 Å². The smallest absolute Gasteiger partial charge is 0.317 e. The van der Waals surface area contributed by atoms with Crippen LogP contribution in [-0.4, -0.2) is 32.5 Å². The Balaban J connectivity index is 1.68. The van der Waals surface area contributed by atoms with E-state index in [4.69, 9.17) is 0 Å². The number of anilines is 1. The predicted octanol–water partition coefficient (Wildman–Crippen LogP) is 1.79. The summed E-state index contributed by atoms with van der Waals surface area (Å²) in [4.78, 5) is 13.9. The molecule has 0 saturated carbocycles. The second-order valence-corrected chi connectivity index (χ2v) is 4.62. The number of amides is 2. The van der Waals surface area contributed by atoms with Crippen molar-refractivity contribution in [2.45, 2.75) is 12.5 Å². The van der Waals surface area contributed by atoms with E-state index in [9.17, 15) is 4.79 Å². The van der Waals surface area contributed by atoms with Gasteiger partial charge < -0.3 is 4.90 Å². The Labute approximate surface area is 111 Å². The van der Waals surface area contributed by atoms with Crippen LogP contribution in [0.1, 0.15) is 18.0 Å². The normalized spacial score (nSPS) is 17.9. The molecule has 98 valence electrons. The molecule has 0 radical (unpaired) electrons. The van der Waals surface area contributed by atoms with E-state index in [1.165, 1.54) is 5.56 Å². The highest BCUT2D eigenvalue weighted by atomic mass is 16.2. The van der Waals surface area contributed by atoms with Crippen LogP contribution in [0, 0.1) is 0 Å². The molecule has 0 bridgehead atoms. The summed E-state index contributed by atoms with van der Waals surface area (Å²) in [7, 11) is 1.76. The van der Waals surface area contributed by atoms with Crippen LogP contribution < -0.4 is 5.32 Å². The number of urea groups is 1. The van der Waals surface area contributed by atoms with Crippen LogP contribution in [0.25, 0.3) is 0 Å². The quantitative estimate of drug-likeness (QED) is 0.892. The zero-order chi connectivity index (χ0) is 13.2. The summed E-state index contributed by atoms with van der Waals surface area (Å²) in [5, 5.41) is 10.4. The van der Waals surface area contributed by atoms with Crippen LogP contribution in [-0.2, 0) is 7.05 Å². The molecule has 19 heavy (non-hydrogen) atoms. The lowest BCUT2D eigenvalue weighted by Crippen LogP contribution is -2.47. The zero-order valence-corrected chi connectivity index (χ0v) is 10.7. The molecule has 2 heterocycles. The molecule has 1 saturated heterocycles. The summed E-state index contributed by atoms with van der Waals surface area (Å²) in [5.41, 5.74) is 1.17. The van der Waals surface area contributed by atoms with E-state index in [0.717, 1.165) is 13.0 Å². The van der Waals surface area contributed by atoms with Crippen molar-refractivity contribution in [1.29, 1.82) is 0 Å². The van der Waals surface area contributed by atoms with E-state index in [1.807, 2.05) is 35.2 Å². The van der Waals surface area contributed by atoms with Gasteiger partial charge in [-0.3, -0.25) is 10.00 Å². The molecule has 1 aliphatic heterocycles. The number of nitrogens with zero attached hydrogens (tertiary/aromatic N) is 4.